The molecule has 2 N–H and O–H groups in total. The predicted molar refractivity (Wildman–Crippen MR) is 46.5 cm³/mol. The fourth-order valence-corrected chi connectivity index (χ4v) is 1.73. The zero-order chi connectivity index (χ0) is 8.32. The average Bonchev–Trinajstić information content (AvgIpc) is 2.39. The normalized spacial score (nSPS) is 25.9. The Balaban J connectivity index is 2.28. The third-order valence-electron chi connectivity index (χ3n) is 2.43. The summed E-state index contributed by atoms with van der Waals surface area (Å²) in [7, 11) is 0. The summed E-state index contributed by atoms with van der Waals surface area (Å²) in [4.78, 5) is 0. The molecule has 0 saturated carbocycles. The van der Waals surface area contributed by atoms with Crippen molar-refractivity contribution in [2.75, 3.05) is 19.7 Å². The van der Waals surface area contributed by atoms with Crippen LogP contribution in [-0.4, -0.2) is 24.8 Å². The molecule has 1 aliphatic heterocycles. The molecular formula is C9H19NO. The monoisotopic (exact) mass is 157 g/mol. The topological polar surface area (TPSA) is 32.3 Å². The van der Waals surface area contributed by atoms with Crippen LogP contribution in [0.25, 0.3) is 0 Å². The van der Waals surface area contributed by atoms with Gasteiger partial charge in [0.2, 0.25) is 0 Å². The number of aliphatic hydroxyl groups is 1. The van der Waals surface area contributed by atoms with Crippen LogP contribution in [0, 0.1) is 11.3 Å². The molecule has 2 heteroatoms. The average molecular weight is 157 g/mol. The number of aliphatic hydroxyl groups excluding tert-OH is 1. The van der Waals surface area contributed by atoms with Gasteiger partial charge in [-0.3, -0.25) is 0 Å². The molecule has 1 fully saturated rings. The smallest absolute Gasteiger partial charge is 0.0482 e. The second-order valence-electron chi connectivity index (χ2n) is 4.39. The third-order valence-corrected chi connectivity index (χ3v) is 2.43. The third kappa shape index (κ3) is 2.80. The highest BCUT2D eigenvalue weighted by Crippen LogP contribution is 2.27. The van der Waals surface area contributed by atoms with Crippen molar-refractivity contribution < 1.29 is 5.11 Å². The lowest BCUT2D eigenvalue weighted by molar-refractivity contribution is 0.133. The zero-order valence-electron chi connectivity index (χ0n) is 7.56. The molecule has 1 atom stereocenters. The van der Waals surface area contributed by atoms with Gasteiger partial charge in [0.05, 0.1) is 0 Å². The number of nitrogens with one attached hydrogen (secondary N) is 1. The summed E-state index contributed by atoms with van der Waals surface area (Å²) in [5, 5.41) is 12.4. The van der Waals surface area contributed by atoms with E-state index in [4.69, 9.17) is 5.11 Å². The van der Waals surface area contributed by atoms with E-state index in [-0.39, 0.29) is 5.41 Å². The molecule has 0 aliphatic carbocycles. The van der Waals surface area contributed by atoms with Crippen LogP contribution in [0.4, 0.5) is 0 Å². The van der Waals surface area contributed by atoms with Gasteiger partial charge >= 0.3 is 0 Å². The molecule has 66 valence electrons. The molecule has 0 aromatic heterocycles. The summed E-state index contributed by atoms with van der Waals surface area (Å²) < 4.78 is 0. The quantitative estimate of drug-likeness (QED) is 0.640. The fraction of sp³-hybridized carbons (Fsp3) is 1.00. The first-order chi connectivity index (χ1) is 5.14. The van der Waals surface area contributed by atoms with E-state index in [1.54, 1.807) is 0 Å². The van der Waals surface area contributed by atoms with Crippen LogP contribution in [-0.2, 0) is 0 Å². The Kier molecular flexibility index (Phi) is 2.90. The van der Waals surface area contributed by atoms with Gasteiger partial charge in [-0.25, -0.2) is 0 Å². The summed E-state index contributed by atoms with van der Waals surface area (Å²) in [5.74, 6) is 0.789. The van der Waals surface area contributed by atoms with Gasteiger partial charge in [-0.15, -0.1) is 0 Å². The van der Waals surface area contributed by atoms with E-state index >= 15 is 0 Å². The lowest BCUT2D eigenvalue weighted by Crippen LogP contribution is -2.22. The molecule has 1 aliphatic rings. The van der Waals surface area contributed by atoms with Gasteiger partial charge in [0.25, 0.3) is 0 Å². The largest absolute Gasteiger partial charge is 0.396 e. The van der Waals surface area contributed by atoms with E-state index < -0.39 is 0 Å². The molecular weight excluding hydrogens is 138 g/mol. The molecule has 1 saturated heterocycles. The number of hydrogen-bond donors (Lipinski definition) is 2. The molecule has 1 unspecified atom stereocenters. The van der Waals surface area contributed by atoms with Gasteiger partial charge in [-0.2, -0.15) is 0 Å². The summed E-state index contributed by atoms with van der Waals surface area (Å²) in [6.07, 6.45) is 2.43. The molecule has 0 amide bonds. The van der Waals surface area contributed by atoms with E-state index in [0.29, 0.717) is 6.61 Å². The summed E-state index contributed by atoms with van der Waals surface area (Å²) in [5.41, 5.74) is 0.122. The fourth-order valence-electron chi connectivity index (χ4n) is 1.73. The van der Waals surface area contributed by atoms with E-state index in [0.717, 1.165) is 25.4 Å². The summed E-state index contributed by atoms with van der Waals surface area (Å²) in [6, 6.07) is 0. The Hall–Kier alpha value is -0.0800. The Morgan fingerprint density at radius 1 is 1.55 bits per heavy atom. The van der Waals surface area contributed by atoms with Crippen molar-refractivity contribution in [2.45, 2.75) is 26.7 Å². The first-order valence-corrected chi connectivity index (χ1v) is 4.46. The lowest BCUT2D eigenvalue weighted by Gasteiger charge is -2.24. The van der Waals surface area contributed by atoms with Crippen LogP contribution >= 0.6 is 0 Å². The Morgan fingerprint density at radius 3 is 2.73 bits per heavy atom. The number of rotatable bonds is 3. The Bertz CT molecular complexity index is 117. The maximum Gasteiger partial charge on any atom is 0.0482 e. The van der Waals surface area contributed by atoms with E-state index in [9.17, 15) is 0 Å². The SMILES string of the molecule is CC(C)(CO)CC1CCNC1. The van der Waals surface area contributed by atoms with Gasteiger partial charge in [-0.1, -0.05) is 13.8 Å². The molecule has 0 bridgehead atoms. The van der Waals surface area contributed by atoms with Gasteiger partial charge in [-0.05, 0) is 37.3 Å². The summed E-state index contributed by atoms with van der Waals surface area (Å²) in [6.45, 7) is 6.87. The molecule has 0 aromatic carbocycles. The first kappa shape index (κ1) is 9.01. The first-order valence-electron chi connectivity index (χ1n) is 4.46. The highest BCUT2D eigenvalue weighted by molar-refractivity contribution is 4.78. The maximum absolute atomic E-state index is 9.03. The second kappa shape index (κ2) is 3.55. The minimum absolute atomic E-state index is 0.122. The van der Waals surface area contributed by atoms with Crippen molar-refractivity contribution in [1.82, 2.24) is 5.32 Å². The van der Waals surface area contributed by atoms with Gasteiger partial charge in [0, 0.05) is 6.61 Å². The zero-order valence-corrected chi connectivity index (χ0v) is 7.56. The van der Waals surface area contributed by atoms with Crippen molar-refractivity contribution in [2.24, 2.45) is 11.3 Å². The minimum Gasteiger partial charge on any atom is -0.396 e. The second-order valence-corrected chi connectivity index (χ2v) is 4.39. The molecule has 0 aromatic rings. The standard InChI is InChI=1S/C9H19NO/c1-9(2,7-11)5-8-3-4-10-6-8/h8,10-11H,3-7H2,1-2H3. The van der Waals surface area contributed by atoms with Crippen molar-refractivity contribution in [1.29, 1.82) is 0 Å². The molecule has 11 heavy (non-hydrogen) atoms. The van der Waals surface area contributed by atoms with Gasteiger partial charge < -0.3 is 10.4 Å². The minimum atomic E-state index is 0.122. The van der Waals surface area contributed by atoms with Crippen molar-refractivity contribution in [3.63, 3.8) is 0 Å². The molecule has 1 heterocycles. The number of hydrogen-bond acceptors (Lipinski definition) is 2. The van der Waals surface area contributed by atoms with Gasteiger partial charge in [0.15, 0.2) is 0 Å². The summed E-state index contributed by atoms with van der Waals surface area (Å²) >= 11 is 0. The van der Waals surface area contributed by atoms with E-state index in [1.807, 2.05) is 0 Å². The van der Waals surface area contributed by atoms with Crippen LogP contribution in [0.3, 0.4) is 0 Å². The van der Waals surface area contributed by atoms with E-state index in [2.05, 4.69) is 19.2 Å². The van der Waals surface area contributed by atoms with Crippen molar-refractivity contribution >= 4 is 0 Å². The maximum atomic E-state index is 9.03. The Morgan fingerprint density at radius 2 is 2.27 bits per heavy atom. The Labute approximate surface area is 69.0 Å². The molecule has 2 nitrogen and oxygen atoms in total. The van der Waals surface area contributed by atoms with Crippen LogP contribution < -0.4 is 5.32 Å². The molecule has 0 radical (unpaired) electrons. The van der Waals surface area contributed by atoms with E-state index in [1.165, 1.54) is 6.42 Å². The molecule has 1 rings (SSSR count). The van der Waals surface area contributed by atoms with Crippen molar-refractivity contribution in [3.05, 3.63) is 0 Å². The van der Waals surface area contributed by atoms with Crippen LogP contribution in [0.5, 0.6) is 0 Å². The highest BCUT2D eigenvalue weighted by Gasteiger charge is 2.24. The molecule has 0 spiro atoms. The van der Waals surface area contributed by atoms with Crippen LogP contribution in [0.2, 0.25) is 0 Å². The van der Waals surface area contributed by atoms with Crippen LogP contribution in [0.1, 0.15) is 26.7 Å². The van der Waals surface area contributed by atoms with Gasteiger partial charge in [0.1, 0.15) is 0 Å². The lowest BCUT2D eigenvalue weighted by atomic mass is 9.83. The van der Waals surface area contributed by atoms with Crippen molar-refractivity contribution in [3.8, 4) is 0 Å². The highest BCUT2D eigenvalue weighted by atomic mass is 16.3. The predicted octanol–water partition coefficient (Wildman–Crippen LogP) is 1.00. The van der Waals surface area contributed by atoms with Crippen LogP contribution in [0.15, 0.2) is 0 Å².